The highest BCUT2D eigenvalue weighted by Gasteiger charge is 2.11. The van der Waals surface area contributed by atoms with Crippen molar-refractivity contribution in [3.63, 3.8) is 0 Å². The average molecular weight is 429 g/mol. The largest absolute Gasteiger partial charge is 0.378 e. The lowest BCUT2D eigenvalue weighted by molar-refractivity contribution is -0.118. The molecule has 7 nitrogen and oxygen atoms in total. The summed E-state index contributed by atoms with van der Waals surface area (Å²) in [5.74, 6) is 0.757. The first-order chi connectivity index (χ1) is 14.0. The van der Waals surface area contributed by atoms with Gasteiger partial charge in [-0.15, -0.1) is 10.2 Å². The van der Waals surface area contributed by atoms with E-state index in [1.54, 1.807) is 18.3 Å². The van der Waals surface area contributed by atoms with Crippen LogP contribution in [-0.2, 0) is 18.4 Å². The molecule has 9 heteroatoms. The number of aromatic nitrogens is 3. The molecule has 1 aromatic heterocycles. The molecule has 0 aliphatic heterocycles. The number of rotatable bonds is 8. The van der Waals surface area contributed by atoms with E-state index in [0.29, 0.717) is 16.7 Å². The molecule has 2 N–H and O–H groups in total. The molecule has 0 saturated carbocycles. The first-order valence-electron chi connectivity index (χ1n) is 8.90. The summed E-state index contributed by atoms with van der Waals surface area (Å²) in [6, 6.07) is 15.3. The molecular formula is C20H21ClN6OS. The van der Waals surface area contributed by atoms with Gasteiger partial charge in [-0.3, -0.25) is 4.79 Å². The third kappa shape index (κ3) is 6.33. The lowest BCUT2D eigenvalue weighted by Crippen LogP contribution is -2.20. The van der Waals surface area contributed by atoms with Crippen molar-refractivity contribution in [2.75, 3.05) is 11.1 Å². The molecule has 0 bridgehead atoms. The van der Waals surface area contributed by atoms with Gasteiger partial charge in [0.2, 0.25) is 0 Å². The molecule has 3 rings (SSSR count). The number of amides is 1. The quantitative estimate of drug-likeness (QED) is 0.325. The molecule has 150 valence electrons. The lowest BCUT2D eigenvalue weighted by Gasteiger charge is -2.07. The Labute approximate surface area is 178 Å². The van der Waals surface area contributed by atoms with E-state index < -0.39 is 0 Å². The standard InChI is InChI=1S/C20H21ClN6OS/c1-14-4-3-5-17(10-14)22-12-18-24-26-20(27(18)2)29-13-19(28)25-23-11-15-6-8-16(21)9-7-15/h3-11,22H,12-13H2,1-2H3,(H,25,28). The number of benzene rings is 2. The number of carbonyl (C=O) groups is 1. The van der Waals surface area contributed by atoms with Crippen molar-refractivity contribution >= 4 is 41.2 Å². The normalized spacial score (nSPS) is 11.0. The van der Waals surface area contributed by atoms with Crippen molar-refractivity contribution < 1.29 is 4.79 Å². The maximum absolute atomic E-state index is 12.0. The molecule has 0 radical (unpaired) electrons. The number of hydrazone groups is 1. The van der Waals surface area contributed by atoms with Crippen LogP contribution in [0.15, 0.2) is 58.8 Å². The second kappa shape index (κ2) is 10.1. The highest BCUT2D eigenvalue weighted by atomic mass is 35.5. The summed E-state index contributed by atoms with van der Waals surface area (Å²) in [5, 5.41) is 17.0. The summed E-state index contributed by atoms with van der Waals surface area (Å²) in [6.45, 7) is 2.60. The van der Waals surface area contributed by atoms with Crippen LogP contribution in [0.1, 0.15) is 17.0 Å². The Hall–Kier alpha value is -2.84. The fourth-order valence-corrected chi connectivity index (χ4v) is 3.30. The van der Waals surface area contributed by atoms with Crippen molar-refractivity contribution in [1.82, 2.24) is 20.2 Å². The number of halogens is 1. The Balaban J connectivity index is 1.46. The number of hydrogen-bond donors (Lipinski definition) is 2. The van der Waals surface area contributed by atoms with Crippen molar-refractivity contribution in [1.29, 1.82) is 0 Å². The van der Waals surface area contributed by atoms with Gasteiger partial charge in [0, 0.05) is 17.8 Å². The highest BCUT2D eigenvalue weighted by molar-refractivity contribution is 7.99. The van der Waals surface area contributed by atoms with Crippen LogP contribution in [0.4, 0.5) is 5.69 Å². The third-order valence-electron chi connectivity index (χ3n) is 4.00. The molecule has 1 heterocycles. The van der Waals surface area contributed by atoms with Gasteiger partial charge in [-0.25, -0.2) is 5.43 Å². The van der Waals surface area contributed by atoms with Gasteiger partial charge >= 0.3 is 0 Å². The summed E-state index contributed by atoms with van der Waals surface area (Å²) in [5.41, 5.74) is 5.57. The molecule has 0 aliphatic rings. The Morgan fingerprint density at radius 3 is 2.79 bits per heavy atom. The average Bonchev–Trinajstić information content (AvgIpc) is 3.06. The van der Waals surface area contributed by atoms with Gasteiger partial charge in [0.25, 0.3) is 5.91 Å². The van der Waals surface area contributed by atoms with Crippen LogP contribution in [-0.4, -0.2) is 32.6 Å². The van der Waals surface area contributed by atoms with E-state index in [1.165, 1.54) is 17.3 Å². The van der Waals surface area contributed by atoms with E-state index in [2.05, 4.69) is 32.1 Å². The number of anilines is 1. The minimum atomic E-state index is -0.220. The molecule has 0 spiro atoms. The van der Waals surface area contributed by atoms with Gasteiger partial charge in [-0.2, -0.15) is 5.10 Å². The number of nitrogens with zero attached hydrogens (tertiary/aromatic N) is 4. The van der Waals surface area contributed by atoms with Crippen LogP contribution in [0.25, 0.3) is 0 Å². The maximum atomic E-state index is 12.0. The van der Waals surface area contributed by atoms with Gasteiger partial charge in [-0.05, 0) is 42.3 Å². The fraction of sp³-hybridized carbons (Fsp3) is 0.200. The Morgan fingerprint density at radius 2 is 2.03 bits per heavy atom. The first kappa shape index (κ1) is 20.9. The van der Waals surface area contributed by atoms with Gasteiger partial charge in [0.15, 0.2) is 11.0 Å². The Morgan fingerprint density at radius 1 is 1.24 bits per heavy atom. The van der Waals surface area contributed by atoms with E-state index >= 15 is 0 Å². The zero-order valence-corrected chi connectivity index (χ0v) is 17.7. The Bertz CT molecular complexity index is 1000. The first-order valence-corrected chi connectivity index (χ1v) is 10.3. The van der Waals surface area contributed by atoms with Crippen LogP contribution in [0.3, 0.4) is 0 Å². The topological polar surface area (TPSA) is 84.2 Å². The van der Waals surface area contributed by atoms with E-state index in [-0.39, 0.29) is 11.7 Å². The van der Waals surface area contributed by atoms with Crippen molar-refractivity contribution in [3.8, 4) is 0 Å². The smallest absolute Gasteiger partial charge is 0.250 e. The summed E-state index contributed by atoms with van der Waals surface area (Å²) in [6.07, 6.45) is 1.57. The lowest BCUT2D eigenvalue weighted by atomic mass is 10.2. The SMILES string of the molecule is Cc1cccc(NCc2nnc(SCC(=O)NN=Cc3ccc(Cl)cc3)n2C)c1. The van der Waals surface area contributed by atoms with E-state index in [4.69, 9.17) is 11.6 Å². The van der Waals surface area contributed by atoms with Crippen molar-refractivity contribution in [3.05, 3.63) is 70.5 Å². The van der Waals surface area contributed by atoms with Gasteiger partial charge in [-0.1, -0.05) is 47.6 Å². The van der Waals surface area contributed by atoms with Crippen molar-refractivity contribution in [2.24, 2.45) is 12.1 Å². The van der Waals surface area contributed by atoms with Crippen LogP contribution < -0.4 is 10.7 Å². The minimum absolute atomic E-state index is 0.190. The predicted molar refractivity (Wildman–Crippen MR) is 117 cm³/mol. The molecule has 0 atom stereocenters. The maximum Gasteiger partial charge on any atom is 0.250 e. The molecular weight excluding hydrogens is 408 g/mol. The number of aryl methyl sites for hydroxylation is 1. The second-order valence-electron chi connectivity index (χ2n) is 6.31. The highest BCUT2D eigenvalue weighted by Crippen LogP contribution is 2.16. The monoisotopic (exact) mass is 428 g/mol. The van der Waals surface area contributed by atoms with Crippen LogP contribution >= 0.6 is 23.4 Å². The van der Waals surface area contributed by atoms with E-state index in [1.807, 2.05) is 48.9 Å². The summed E-state index contributed by atoms with van der Waals surface area (Å²) in [7, 11) is 1.88. The molecule has 0 fully saturated rings. The molecule has 29 heavy (non-hydrogen) atoms. The van der Waals surface area contributed by atoms with Crippen LogP contribution in [0.5, 0.6) is 0 Å². The fourth-order valence-electron chi connectivity index (χ4n) is 2.45. The Kier molecular flexibility index (Phi) is 7.26. The molecule has 1 amide bonds. The number of thioether (sulfide) groups is 1. The van der Waals surface area contributed by atoms with Crippen LogP contribution in [0, 0.1) is 6.92 Å². The molecule has 3 aromatic rings. The molecule has 0 unspecified atom stereocenters. The second-order valence-corrected chi connectivity index (χ2v) is 7.69. The third-order valence-corrected chi connectivity index (χ3v) is 5.27. The summed E-state index contributed by atoms with van der Waals surface area (Å²) < 4.78 is 1.87. The molecule has 0 saturated heterocycles. The molecule has 2 aromatic carbocycles. The number of carbonyl (C=O) groups excluding carboxylic acids is 1. The number of hydrogen-bond acceptors (Lipinski definition) is 6. The van der Waals surface area contributed by atoms with Gasteiger partial charge in [0.1, 0.15) is 0 Å². The minimum Gasteiger partial charge on any atom is -0.378 e. The summed E-state index contributed by atoms with van der Waals surface area (Å²) in [4.78, 5) is 12.0. The van der Waals surface area contributed by atoms with Gasteiger partial charge < -0.3 is 9.88 Å². The van der Waals surface area contributed by atoms with Crippen molar-refractivity contribution in [2.45, 2.75) is 18.6 Å². The van der Waals surface area contributed by atoms with E-state index in [0.717, 1.165) is 17.1 Å². The van der Waals surface area contributed by atoms with Gasteiger partial charge in [0.05, 0.1) is 18.5 Å². The van der Waals surface area contributed by atoms with E-state index in [9.17, 15) is 4.79 Å². The zero-order valence-electron chi connectivity index (χ0n) is 16.1. The predicted octanol–water partition coefficient (Wildman–Crippen LogP) is 3.63. The van der Waals surface area contributed by atoms with Crippen LogP contribution in [0.2, 0.25) is 5.02 Å². The number of nitrogens with one attached hydrogen (secondary N) is 2. The molecule has 0 aliphatic carbocycles. The zero-order chi connectivity index (χ0) is 20.6. The summed E-state index contributed by atoms with van der Waals surface area (Å²) >= 11 is 7.14.